The fourth-order valence-electron chi connectivity index (χ4n) is 4.39. The number of furan rings is 1. The summed E-state index contributed by atoms with van der Waals surface area (Å²) in [4.78, 5) is 13.3. The van der Waals surface area contributed by atoms with E-state index in [1.807, 2.05) is 24.3 Å². The molecule has 0 saturated carbocycles. The molecule has 4 rings (SSSR count). The van der Waals surface area contributed by atoms with Gasteiger partial charge in [-0.15, -0.1) is 0 Å². The van der Waals surface area contributed by atoms with Crippen LogP contribution in [-0.4, -0.2) is 25.6 Å². The number of ether oxygens (including phenoxy) is 1. The Morgan fingerprint density at radius 1 is 1.10 bits per heavy atom. The molecule has 1 aromatic heterocycles. The van der Waals surface area contributed by atoms with Crippen LogP contribution in [0.5, 0.6) is 5.75 Å². The Kier molecular flexibility index (Phi) is 9.62. The number of hydrogen-bond acceptors (Lipinski definition) is 6. The maximum absolute atomic E-state index is 13.3. The van der Waals surface area contributed by atoms with E-state index < -0.39 is 0 Å². The van der Waals surface area contributed by atoms with Gasteiger partial charge in [-0.05, 0) is 61.7 Å². The summed E-state index contributed by atoms with van der Waals surface area (Å²) < 4.78 is 11.7. The summed E-state index contributed by atoms with van der Waals surface area (Å²) in [7, 11) is 1.55. The Balaban J connectivity index is 1.48. The molecule has 4 aromatic rings. The average Bonchev–Trinajstić information content (AvgIpc) is 3.44. The molecule has 3 aromatic carbocycles. The predicted octanol–water partition coefficient (Wildman–Crippen LogP) is 5.94. The first-order valence-corrected chi connectivity index (χ1v) is 13.5. The molecule has 2 unspecified atom stereocenters. The SMILES string of the molecule is COc1cc(Cl)c(C(=O)NC(CN)Cc2ccc(C#N)cc2)cc1-c1ccc(CNC(C)c2ccc(C)cc2)o1. The van der Waals surface area contributed by atoms with Gasteiger partial charge >= 0.3 is 0 Å². The fourth-order valence-corrected chi connectivity index (χ4v) is 4.63. The highest BCUT2D eigenvalue weighted by atomic mass is 35.5. The second-order valence-electron chi connectivity index (χ2n) is 9.73. The number of benzene rings is 3. The fraction of sp³-hybridized carbons (Fsp3) is 0.250. The Hall–Kier alpha value is -4.09. The molecule has 8 heteroatoms. The molecule has 0 saturated heterocycles. The first-order valence-electron chi connectivity index (χ1n) is 13.1. The monoisotopic (exact) mass is 556 g/mol. The van der Waals surface area contributed by atoms with Crippen LogP contribution < -0.4 is 21.1 Å². The van der Waals surface area contributed by atoms with Gasteiger partial charge in [0.2, 0.25) is 0 Å². The van der Waals surface area contributed by atoms with Crippen LogP contribution in [0, 0.1) is 18.3 Å². The Morgan fingerprint density at radius 2 is 1.82 bits per heavy atom. The van der Waals surface area contributed by atoms with Gasteiger partial charge in [0, 0.05) is 24.7 Å². The van der Waals surface area contributed by atoms with E-state index in [1.165, 1.54) is 11.1 Å². The molecule has 4 N–H and O–H groups in total. The van der Waals surface area contributed by atoms with Crippen LogP contribution >= 0.6 is 11.6 Å². The lowest BCUT2D eigenvalue weighted by atomic mass is 10.0. The molecule has 7 nitrogen and oxygen atoms in total. The summed E-state index contributed by atoms with van der Waals surface area (Å²) in [5.41, 5.74) is 10.8. The zero-order valence-electron chi connectivity index (χ0n) is 22.8. The van der Waals surface area contributed by atoms with E-state index in [0.717, 1.165) is 11.3 Å². The number of rotatable bonds is 11. The molecule has 0 aliphatic rings. The van der Waals surface area contributed by atoms with Crippen LogP contribution in [0.2, 0.25) is 5.02 Å². The van der Waals surface area contributed by atoms with Gasteiger partial charge in [-0.2, -0.15) is 5.26 Å². The number of hydrogen-bond donors (Lipinski definition) is 3. The minimum Gasteiger partial charge on any atom is -0.496 e. The van der Waals surface area contributed by atoms with Gasteiger partial charge < -0.3 is 25.5 Å². The molecule has 0 spiro atoms. The second kappa shape index (κ2) is 13.3. The van der Waals surface area contributed by atoms with Crippen molar-refractivity contribution in [1.82, 2.24) is 10.6 Å². The maximum atomic E-state index is 13.3. The van der Waals surface area contributed by atoms with Crippen molar-refractivity contribution in [1.29, 1.82) is 5.26 Å². The van der Waals surface area contributed by atoms with Crippen molar-refractivity contribution in [2.45, 2.75) is 38.9 Å². The molecule has 0 bridgehead atoms. The first-order chi connectivity index (χ1) is 19.3. The second-order valence-corrected chi connectivity index (χ2v) is 10.1. The molecule has 1 heterocycles. The largest absolute Gasteiger partial charge is 0.496 e. The van der Waals surface area contributed by atoms with Crippen molar-refractivity contribution in [2.24, 2.45) is 5.73 Å². The molecule has 0 aliphatic carbocycles. The molecular formula is C32H33ClN4O3. The summed E-state index contributed by atoms with van der Waals surface area (Å²) in [6.07, 6.45) is 0.518. The third-order valence-corrected chi connectivity index (χ3v) is 7.12. The number of carbonyl (C=O) groups is 1. The highest BCUT2D eigenvalue weighted by Gasteiger charge is 2.21. The number of nitriles is 1. The van der Waals surface area contributed by atoms with E-state index in [0.29, 0.717) is 41.2 Å². The number of nitrogens with one attached hydrogen (secondary N) is 2. The topological polar surface area (TPSA) is 113 Å². The van der Waals surface area contributed by atoms with Gasteiger partial charge in [0.15, 0.2) is 0 Å². The molecule has 0 aliphatic heterocycles. The van der Waals surface area contributed by atoms with E-state index in [1.54, 1.807) is 31.4 Å². The highest BCUT2D eigenvalue weighted by molar-refractivity contribution is 6.34. The first kappa shape index (κ1) is 28.9. The summed E-state index contributed by atoms with van der Waals surface area (Å²) >= 11 is 6.50. The van der Waals surface area contributed by atoms with Gasteiger partial charge in [0.25, 0.3) is 5.91 Å². The number of amides is 1. The van der Waals surface area contributed by atoms with Crippen LogP contribution in [0.15, 0.2) is 77.2 Å². The van der Waals surface area contributed by atoms with Gasteiger partial charge in [-0.1, -0.05) is 53.6 Å². The Bertz CT molecular complexity index is 1490. The summed E-state index contributed by atoms with van der Waals surface area (Å²) in [6, 6.07) is 24.6. The van der Waals surface area contributed by atoms with Gasteiger partial charge in [-0.3, -0.25) is 4.79 Å². The van der Waals surface area contributed by atoms with Crippen molar-refractivity contribution >= 4 is 17.5 Å². The molecule has 2 atom stereocenters. The average molecular weight is 557 g/mol. The Labute approximate surface area is 239 Å². The standard InChI is InChI=1S/C32H33ClN4O3/c1-20-4-10-24(11-5-20)21(2)36-19-26-12-13-30(40-26)28-15-27(29(33)16-31(28)39-3)32(38)37-25(18-35)14-22-6-8-23(17-34)9-7-22/h4-13,15-16,21,25,36H,14,18-19,35H2,1-3H3,(H,37,38). The summed E-state index contributed by atoms with van der Waals surface area (Å²) in [5, 5.41) is 15.7. The lowest BCUT2D eigenvalue weighted by Crippen LogP contribution is -2.41. The van der Waals surface area contributed by atoms with E-state index >= 15 is 0 Å². The number of nitrogens with two attached hydrogens (primary N) is 1. The number of methoxy groups -OCH3 is 1. The van der Waals surface area contributed by atoms with E-state index in [2.05, 4.69) is 54.8 Å². The molecule has 206 valence electrons. The quantitative estimate of drug-likeness (QED) is 0.211. The van der Waals surface area contributed by atoms with Crippen LogP contribution in [0.3, 0.4) is 0 Å². The van der Waals surface area contributed by atoms with Crippen molar-refractivity contribution in [3.63, 3.8) is 0 Å². The van der Waals surface area contributed by atoms with Gasteiger partial charge in [-0.25, -0.2) is 0 Å². The van der Waals surface area contributed by atoms with Crippen LogP contribution in [-0.2, 0) is 13.0 Å². The normalized spacial score (nSPS) is 12.4. The number of halogens is 1. The van der Waals surface area contributed by atoms with E-state index in [4.69, 9.17) is 31.8 Å². The van der Waals surface area contributed by atoms with Crippen LogP contribution in [0.1, 0.15) is 51.3 Å². The minimum atomic E-state index is -0.349. The van der Waals surface area contributed by atoms with Crippen LogP contribution in [0.25, 0.3) is 11.3 Å². The third-order valence-electron chi connectivity index (χ3n) is 6.81. The van der Waals surface area contributed by atoms with Crippen molar-refractivity contribution < 1.29 is 13.9 Å². The van der Waals surface area contributed by atoms with Gasteiger partial charge in [0.05, 0.1) is 41.4 Å². The zero-order chi connectivity index (χ0) is 28.6. The Morgan fingerprint density at radius 3 is 2.48 bits per heavy atom. The predicted molar refractivity (Wildman–Crippen MR) is 157 cm³/mol. The smallest absolute Gasteiger partial charge is 0.253 e. The van der Waals surface area contributed by atoms with E-state index in [-0.39, 0.29) is 29.6 Å². The highest BCUT2D eigenvalue weighted by Crippen LogP contribution is 2.36. The third kappa shape index (κ3) is 7.10. The van der Waals surface area contributed by atoms with Crippen molar-refractivity contribution in [2.75, 3.05) is 13.7 Å². The number of nitrogens with zero attached hydrogens (tertiary/aromatic N) is 1. The van der Waals surface area contributed by atoms with Gasteiger partial charge in [0.1, 0.15) is 17.3 Å². The van der Waals surface area contributed by atoms with Crippen LogP contribution in [0.4, 0.5) is 0 Å². The number of carbonyl (C=O) groups excluding carboxylic acids is 1. The molecule has 0 radical (unpaired) electrons. The summed E-state index contributed by atoms with van der Waals surface area (Å²) in [6.45, 7) is 4.95. The zero-order valence-corrected chi connectivity index (χ0v) is 23.6. The number of aryl methyl sites for hydroxylation is 1. The van der Waals surface area contributed by atoms with Crippen molar-refractivity contribution in [3.8, 4) is 23.1 Å². The lowest BCUT2D eigenvalue weighted by Gasteiger charge is -2.18. The van der Waals surface area contributed by atoms with E-state index in [9.17, 15) is 4.79 Å². The van der Waals surface area contributed by atoms with Crippen molar-refractivity contribution in [3.05, 3.63) is 111 Å². The minimum absolute atomic E-state index is 0.147. The molecule has 0 fully saturated rings. The maximum Gasteiger partial charge on any atom is 0.253 e. The summed E-state index contributed by atoms with van der Waals surface area (Å²) in [5.74, 6) is 1.47. The lowest BCUT2D eigenvalue weighted by molar-refractivity contribution is 0.0938. The molecule has 1 amide bonds. The molecular weight excluding hydrogens is 524 g/mol. The molecule has 40 heavy (non-hydrogen) atoms.